The molecule has 126 valence electrons. The van der Waals surface area contributed by atoms with Crippen molar-refractivity contribution in [2.75, 3.05) is 32.1 Å². The minimum atomic E-state index is -0.00387. The van der Waals surface area contributed by atoms with Crippen LogP contribution in [0, 0.1) is 11.8 Å². The third-order valence-corrected chi connectivity index (χ3v) is 3.79. The van der Waals surface area contributed by atoms with E-state index in [9.17, 15) is 9.59 Å². The van der Waals surface area contributed by atoms with Gasteiger partial charge in [-0.1, -0.05) is 13.8 Å². The molecule has 1 aliphatic rings. The first-order valence-corrected chi connectivity index (χ1v) is 8.20. The van der Waals surface area contributed by atoms with Crippen molar-refractivity contribution in [3.63, 3.8) is 0 Å². The standard InChI is InChI=1S/C18H26N2O3/c1-13(2)12-20(10-11-23-3)18(22)15-6-8-16(9-7-15)19-17(21)14-4-5-14/h6-9,13-14H,4-5,10-12H2,1-3H3,(H,19,21). The predicted octanol–water partition coefficient (Wildman–Crippen LogP) is 2.78. The quantitative estimate of drug-likeness (QED) is 0.802. The monoisotopic (exact) mass is 318 g/mol. The summed E-state index contributed by atoms with van der Waals surface area (Å²) in [4.78, 5) is 26.2. The number of methoxy groups -OCH3 is 1. The minimum absolute atomic E-state index is 0.00387. The van der Waals surface area contributed by atoms with Crippen LogP contribution in [0.15, 0.2) is 24.3 Å². The maximum atomic E-state index is 12.6. The van der Waals surface area contributed by atoms with Crippen LogP contribution in [0.4, 0.5) is 5.69 Å². The Morgan fingerprint density at radius 1 is 1.26 bits per heavy atom. The highest BCUT2D eigenvalue weighted by atomic mass is 16.5. The molecule has 0 spiro atoms. The topological polar surface area (TPSA) is 58.6 Å². The predicted molar refractivity (Wildman–Crippen MR) is 90.4 cm³/mol. The second-order valence-electron chi connectivity index (χ2n) is 6.48. The zero-order valence-corrected chi connectivity index (χ0v) is 14.2. The minimum Gasteiger partial charge on any atom is -0.383 e. The Balaban J connectivity index is 1.99. The van der Waals surface area contributed by atoms with Crippen LogP contribution in [-0.2, 0) is 9.53 Å². The fourth-order valence-corrected chi connectivity index (χ4v) is 2.39. The van der Waals surface area contributed by atoms with Gasteiger partial charge in [-0.2, -0.15) is 0 Å². The van der Waals surface area contributed by atoms with E-state index in [1.165, 1.54) is 0 Å². The molecule has 0 unspecified atom stereocenters. The third kappa shape index (κ3) is 5.36. The van der Waals surface area contributed by atoms with E-state index in [1.54, 1.807) is 31.4 Å². The lowest BCUT2D eigenvalue weighted by molar-refractivity contribution is -0.117. The van der Waals surface area contributed by atoms with Crippen LogP contribution in [0.5, 0.6) is 0 Å². The van der Waals surface area contributed by atoms with Gasteiger partial charge >= 0.3 is 0 Å². The second kappa shape index (κ2) is 8.11. The molecule has 5 heteroatoms. The zero-order valence-electron chi connectivity index (χ0n) is 14.2. The van der Waals surface area contributed by atoms with Gasteiger partial charge in [0.25, 0.3) is 5.91 Å². The number of benzene rings is 1. The van der Waals surface area contributed by atoms with Crippen molar-refractivity contribution >= 4 is 17.5 Å². The van der Waals surface area contributed by atoms with E-state index in [0.717, 1.165) is 18.5 Å². The molecule has 1 aliphatic carbocycles. The maximum absolute atomic E-state index is 12.6. The third-order valence-electron chi connectivity index (χ3n) is 3.79. The largest absolute Gasteiger partial charge is 0.383 e. The number of nitrogens with one attached hydrogen (secondary N) is 1. The van der Waals surface area contributed by atoms with Crippen LogP contribution < -0.4 is 5.32 Å². The van der Waals surface area contributed by atoms with E-state index in [4.69, 9.17) is 4.74 Å². The summed E-state index contributed by atoms with van der Waals surface area (Å²) in [5.41, 5.74) is 1.37. The molecule has 0 aliphatic heterocycles. The lowest BCUT2D eigenvalue weighted by Gasteiger charge is -2.24. The van der Waals surface area contributed by atoms with Gasteiger partial charge in [-0.15, -0.1) is 0 Å². The number of nitrogens with zero attached hydrogens (tertiary/aromatic N) is 1. The molecule has 0 bridgehead atoms. The molecule has 23 heavy (non-hydrogen) atoms. The first-order valence-electron chi connectivity index (χ1n) is 8.20. The molecule has 5 nitrogen and oxygen atoms in total. The molecule has 2 amide bonds. The first-order chi connectivity index (χ1) is 11.0. The Morgan fingerprint density at radius 3 is 2.43 bits per heavy atom. The van der Waals surface area contributed by atoms with E-state index in [0.29, 0.717) is 31.2 Å². The molecule has 0 aromatic heterocycles. The Bertz CT molecular complexity index is 536. The van der Waals surface area contributed by atoms with Crippen molar-refractivity contribution < 1.29 is 14.3 Å². The van der Waals surface area contributed by atoms with Gasteiger partial charge in [0.05, 0.1) is 6.61 Å². The molecule has 1 saturated carbocycles. The van der Waals surface area contributed by atoms with Crippen LogP contribution in [0.1, 0.15) is 37.0 Å². The van der Waals surface area contributed by atoms with Gasteiger partial charge < -0.3 is 15.0 Å². The van der Waals surface area contributed by atoms with Gasteiger partial charge in [-0.25, -0.2) is 0 Å². The number of carbonyl (C=O) groups is 2. The highest BCUT2D eigenvalue weighted by Gasteiger charge is 2.29. The molecule has 0 saturated heterocycles. The van der Waals surface area contributed by atoms with Crippen molar-refractivity contribution in [2.24, 2.45) is 11.8 Å². The molecule has 1 fully saturated rings. The van der Waals surface area contributed by atoms with Gasteiger partial charge in [-0.3, -0.25) is 9.59 Å². The molecular weight excluding hydrogens is 292 g/mol. The molecule has 0 heterocycles. The van der Waals surface area contributed by atoms with Crippen LogP contribution in [0.25, 0.3) is 0 Å². The van der Waals surface area contributed by atoms with E-state index in [2.05, 4.69) is 19.2 Å². The highest BCUT2D eigenvalue weighted by molar-refractivity contribution is 5.96. The molecule has 0 radical (unpaired) electrons. The van der Waals surface area contributed by atoms with Gasteiger partial charge in [-0.05, 0) is 43.0 Å². The molecule has 0 atom stereocenters. The lowest BCUT2D eigenvalue weighted by atomic mass is 10.1. The van der Waals surface area contributed by atoms with Gasteiger partial charge in [0.1, 0.15) is 0 Å². The number of anilines is 1. The maximum Gasteiger partial charge on any atom is 0.253 e. The van der Waals surface area contributed by atoms with Gasteiger partial charge in [0, 0.05) is 37.4 Å². The second-order valence-corrected chi connectivity index (χ2v) is 6.48. The SMILES string of the molecule is COCCN(CC(C)C)C(=O)c1ccc(NC(=O)C2CC2)cc1. The van der Waals surface area contributed by atoms with E-state index in [1.807, 2.05) is 4.90 Å². The average molecular weight is 318 g/mol. The van der Waals surface area contributed by atoms with Crippen molar-refractivity contribution in [1.82, 2.24) is 4.90 Å². The van der Waals surface area contributed by atoms with Crippen molar-refractivity contribution in [3.8, 4) is 0 Å². The first kappa shape index (κ1) is 17.5. The van der Waals surface area contributed by atoms with Crippen LogP contribution in [-0.4, -0.2) is 43.5 Å². The number of hydrogen-bond acceptors (Lipinski definition) is 3. The molecular formula is C18H26N2O3. The summed E-state index contributed by atoms with van der Waals surface area (Å²) in [6.45, 7) is 5.97. The zero-order chi connectivity index (χ0) is 16.8. The number of amides is 2. The van der Waals surface area contributed by atoms with Crippen molar-refractivity contribution in [2.45, 2.75) is 26.7 Å². The van der Waals surface area contributed by atoms with Crippen LogP contribution in [0.2, 0.25) is 0 Å². The Morgan fingerprint density at radius 2 is 1.91 bits per heavy atom. The summed E-state index contributed by atoms with van der Waals surface area (Å²) in [7, 11) is 1.63. The highest BCUT2D eigenvalue weighted by Crippen LogP contribution is 2.30. The average Bonchev–Trinajstić information content (AvgIpc) is 3.36. The normalized spacial score (nSPS) is 13.9. The summed E-state index contributed by atoms with van der Waals surface area (Å²) in [6, 6.07) is 7.12. The molecule has 1 aromatic rings. The summed E-state index contributed by atoms with van der Waals surface area (Å²) < 4.78 is 5.09. The van der Waals surface area contributed by atoms with E-state index in [-0.39, 0.29) is 17.7 Å². The fraction of sp³-hybridized carbons (Fsp3) is 0.556. The van der Waals surface area contributed by atoms with Crippen molar-refractivity contribution in [1.29, 1.82) is 0 Å². The summed E-state index contributed by atoms with van der Waals surface area (Å²) in [5, 5.41) is 2.88. The molecule has 2 rings (SSSR count). The molecule has 1 N–H and O–H groups in total. The summed E-state index contributed by atoms with van der Waals surface area (Å²) in [6.07, 6.45) is 1.96. The Hall–Kier alpha value is -1.88. The summed E-state index contributed by atoms with van der Waals surface area (Å²) in [5.74, 6) is 0.640. The smallest absolute Gasteiger partial charge is 0.253 e. The van der Waals surface area contributed by atoms with Crippen LogP contribution in [0.3, 0.4) is 0 Å². The lowest BCUT2D eigenvalue weighted by Crippen LogP contribution is -2.36. The Labute approximate surface area is 138 Å². The summed E-state index contributed by atoms with van der Waals surface area (Å²) >= 11 is 0. The van der Waals surface area contributed by atoms with E-state index < -0.39 is 0 Å². The van der Waals surface area contributed by atoms with E-state index >= 15 is 0 Å². The van der Waals surface area contributed by atoms with Gasteiger partial charge in [0.2, 0.25) is 5.91 Å². The van der Waals surface area contributed by atoms with Crippen molar-refractivity contribution in [3.05, 3.63) is 29.8 Å². The number of ether oxygens (including phenoxy) is 1. The molecule has 1 aromatic carbocycles. The van der Waals surface area contributed by atoms with Gasteiger partial charge in [0.15, 0.2) is 0 Å². The van der Waals surface area contributed by atoms with Crippen LogP contribution >= 0.6 is 0 Å². The fourth-order valence-electron chi connectivity index (χ4n) is 2.39. The number of hydrogen-bond donors (Lipinski definition) is 1. The number of rotatable bonds is 8. The Kier molecular flexibility index (Phi) is 6.16. The number of carbonyl (C=O) groups excluding carboxylic acids is 2.